The zero-order chi connectivity index (χ0) is 16.2. The van der Waals surface area contributed by atoms with Gasteiger partial charge in [-0.1, -0.05) is 19.1 Å². The highest BCUT2D eigenvalue weighted by molar-refractivity contribution is 5.91. The third-order valence-corrected chi connectivity index (χ3v) is 4.19. The average molecular weight is 309 g/mol. The number of amides is 1. The number of hydrogen-bond acceptors (Lipinski definition) is 3. The Bertz CT molecular complexity index is 538. The summed E-state index contributed by atoms with van der Waals surface area (Å²) in [4.78, 5) is 23.9. The molecule has 1 atom stereocenters. The predicted octanol–water partition coefficient (Wildman–Crippen LogP) is 1.85. The van der Waals surface area contributed by atoms with E-state index in [1.807, 2.05) is 0 Å². The summed E-state index contributed by atoms with van der Waals surface area (Å²) in [6.45, 7) is 2.52. The van der Waals surface area contributed by atoms with Crippen LogP contribution in [0.25, 0.3) is 0 Å². The largest absolute Gasteiger partial charge is 0.480 e. The molecule has 0 radical (unpaired) electrons. The van der Waals surface area contributed by atoms with E-state index in [2.05, 4.69) is 5.32 Å². The van der Waals surface area contributed by atoms with Crippen molar-refractivity contribution in [3.05, 3.63) is 35.6 Å². The molecule has 1 aliphatic rings. The van der Waals surface area contributed by atoms with Gasteiger partial charge in [0.2, 0.25) is 5.91 Å². The lowest BCUT2D eigenvalue weighted by atomic mass is 9.73. The van der Waals surface area contributed by atoms with E-state index in [4.69, 9.17) is 9.84 Å². The predicted molar refractivity (Wildman–Crippen MR) is 78.0 cm³/mol. The van der Waals surface area contributed by atoms with E-state index >= 15 is 0 Å². The highest BCUT2D eigenvalue weighted by Crippen LogP contribution is 2.35. The topological polar surface area (TPSA) is 75.6 Å². The monoisotopic (exact) mass is 309 g/mol. The fourth-order valence-electron chi connectivity index (χ4n) is 2.77. The molecule has 0 spiro atoms. The second-order valence-corrected chi connectivity index (χ2v) is 5.47. The SMILES string of the molecule is CCC(NC(=O)C1(c2ccc(F)cc2)CCOCC1)C(=O)O. The highest BCUT2D eigenvalue weighted by Gasteiger charge is 2.42. The van der Waals surface area contributed by atoms with Gasteiger partial charge in [0.25, 0.3) is 0 Å². The maximum absolute atomic E-state index is 13.1. The number of halogens is 1. The molecule has 6 heteroatoms. The summed E-state index contributed by atoms with van der Waals surface area (Å²) in [5, 5.41) is 11.7. The van der Waals surface area contributed by atoms with Crippen molar-refractivity contribution in [1.29, 1.82) is 0 Å². The molecular formula is C16H20FNO4. The van der Waals surface area contributed by atoms with Crippen molar-refractivity contribution in [1.82, 2.24) is 5.32 Å². The summed E-state index contributed by atoms with van der Waals surface area (Å²) in [6, 6.07) is 4.87. The van der Waals surface area contributed by atoms with Crippen LogP contribution in [0.2, 0.25) is 0 Å². The summed E-state index contributed by atoms with van der Waals surface area (Å²) >= 11 is 0. The molecule has 5 nitrogen and oxygen atoms in total. The van der Waals surface area contributed by atoms with E-state index in [0.29, 0.717) is 38.0 Å². The van der Waals surface area contributed by atoms with E-state index in [1.165, 1.54) is 12.1 Å². The van der Waals surface area contributed by atoms with Crippen LogP contribution in [0.5, 0.6) is 0 Å². The maximum atomic E-state index is 13.1. The molecule has 1 fully saturated rings. The standard InChI is InChI=1S/C16H20FNO4/c1-2-13(14(19)20)18-15(21)16(7-9-22-10-8-16)11-3-5-12(17)6-4-11/h3-6,13H,2,7-10H2,1H3,(H,18,21)(H,19,20). The van der Waals surface area contributed by atoms with E-state index < -0.39 is 17.4 Å². The van der Waals surface area contributed by atoms with Crippen molar-refractivity contribution in [3.8, 4) is 0 Å². The Morgan fingerprint density at radius 1 is 1.32 bits per heavy atom. The molecule has 1 aliphatic heterocycles. The summed E-state index contributed by atoms with van der Waals surface area (Å²) in [7, 11) is 0. The first-order valence-electron chi connectivity index (χ1n) is 7.37. The molecule has 1 saturated heterocycles. The molecule has 0 bridgehead atoms. The molecule has 1 aromatic carbocycles. The fraction of sp³-hybridized carbons (Fsp3) is 0.500. The maximum Gasteiger partial charge on any atom is 0.326 e. The highest BCUT2D eigenvalue weighted by atomic mass is 19.1. The van der Waals surface area contributed by atoms with Crippen molar-refractivity contribution >= 4 is 11.9 Å². The van der Waals surface area contributed by atoms with Gasteiger partial charge < -0.3 is 15.2 Å². The third-order valence-electron chi connectivity index (χ3n) is 4.19. The number of carbonyl (C=O) groups is 2. The number of carboxylic acid groups (broad SMARTS) is 1. The molecular weight excluding hydrogens is 289 g/mol. The molecule has 2 rings (SSSR count). The molecule has 1 amide bonds. The number of benzene rings is 1. The Kier molecular flexibility index (Phi) is 5.13. The fourth-order valence-corrected chi connectivity index (χ4v) is 2.77. The summed E-state index contributed by atoms with van der Waals surface area (Å²) in [5.41, 5.74) is -0.176. The Morgan fingerprint density at radius 2 is 1.91 bits per heavy atom. The van der Waals surface area contributed by atoms with Crippen molar-refractivity contribution < 1.29 is 23.8 Å². The van der Waals surface area contributed by atoms with Crippen molar-refractivity contribution in [2.45, 2.75) is 37.6 Å². The molecule has 1 heterocycles. The van der Waals surface area contributed by atoms with Gasteiger partial charge in [-0.25, -0.2) is 9.18 Å². The van der Waals surface area contributed by atoms with Gasteiger partial charge in [0.1, 0.15) is 11.9 Å². The molecule has 1 unspecified atom stereocenters. The minimum absolute atomic E-state index is 0.303. The van der Waals surface area contributed by atoms with Crippen molar-refractivity contribution in [2.75, 3.05) is 13.2 Å². The number of carboxylic acids is 1. The van der Waals surface area contributed by atoms with Gasteiger partial charge in [-0.15, -0.1) is 0 Å². The van der Waals surface area contributed by atoms with Gasteiger partial charge in [0.15, 0.2) is 0 Å². The number of ether oxygens (including phenoxy) is 1. The Morgan fingerprint density at radius 3 is 2.41 bits per heavy atom. The van der Waals surface area contributed by atoms with Gasteiger partial charge in [-0.2, -0.15) is 0 Å². The normalized spacial score (nSPS) is 18.5. The van der Waals surface area contributed by atoms with E-state index in [9.17, 15) is 14.0 Å². The van der Waals surface area contributed by atoms with Crippen LogP contribution in [-0.2, 0) is 19.7 Å². The molecule has 1 aromatic rings. The first kappa shape index (κ1) is 16.4. The van der Waals surface area contributed by atoms with Crippen LogP contribution in [0.4, 0.5) is 4.39 Å². The van der Waals surface area contributed by atoms with Crippen LogP contribution in [0.15, 0.2) is 24.3 Å². The summed E-state index contributed by atoms with van der Waals surface area (Å²) in [5.74, 6) is -1.77. The minimum Gasteiger partial charge on any atom is -0.480 e. The quantitative estimate of drug-likeness (QED) is 0.870. The molecule has 22 heavy (non-hydrogen) atoms. The third kappa shape index (κ3) is 3.27. The average Bonchev–Trinajstić information content (AvgIpc) is 2.53. The first-order chi connectivity index (χ1) is 10.5. The van der Waals surface area contributed by atoms with Gasteiger partial charge in [0, 0.05) is 13.2 Å². The van der Waals surface area contributed by atoms with Crippen LogP contribution >= 0.6 is 0 Å². The zero-order valence-corrected chi connectivity index (χ0v) is 12.5. The van der Waals surface area contributed by atoms with Gasteiger partial charge >= 0.3 is 5.97 Å². The second-order valence-electron chi connectivity index (χ2n) is 5.47. The Balaban J connectivity index is 2.30. The minimum atomic E-state index is -1.06. The van der Waals surface area contributed by atoms with Gasteiger partial charge in [-0.3, -0.25) is 4.79 Å². The number of carbonyl (C=O) groups excluding carboxylic acids is 1. The molecule has 0 saturated carbocycles. The molecule has 0 aromatic heterocycles. The Labute approximate surface area is 128 Å². The van der Waals surface area contributed by atoms with Crippen LogP contribution in [-0.4, -0.2) is 36.2 Å². The van der Waals surface area contributed by atoms with Gasteiger partial charge in [-0.05, 0) is 37.0 Å². The number of hydrogen-bond donors (Lipinski definition) is 2. The summed E-state index contributed by atoms with van der Waals surface area (Å²) in [6.07, 6.45) is 1.19. The van der Waals surface area contributed by atoms with Crippen LogP contribution in [0.1, 0.15) is 31.7 Å². The smallest absolute Gasteiger partial charge is 0.326 e. The zero-order valence-electron chi connectivity index (χ0n) is 12.5. The number of nitrogens with one attached hydrogen (secondary N) is 1. The molecule has 120 valence electrons. The number of rotatable bonds is 5. The van der Waals surface area contributed by atoms with Crippen molar-refractivity contribution in [3.63, 3.8) is 0 Å². The second kappa shape index (κ2) is 6.87. The van der Waals surface area contributed by atoms with E-state index in [0.717, 1.165) is 0 Å². The lowest BCUT2D eigenvalue weighted by molar-refractivity contribution is -0.143. The summed E-state index contributed by atoms with van der Waals surface area (Å²) < 4.78 is 18.5. The molecule has 0 aliphatic carbocycles. The van der Waals surface area contributed by atoms with E-state index in [-0.39, 0.29) is 11.7 Å². The van der Waals surface area contributed by atoms with E-state index in [1.54, 1.807) is 19.1 Å². The van der Waals surface area contributed by atoms with Gasteiger partial charge in [0.05, 0.1) is 5.41 Å². The first-order valence-corrected chi connectivity index (χ1v) is 7.37. The van der Waals surface area contributed by atoms with Crippen LogP contribution < -0.4 is 5.32 Å². The lowest BCUT2D eigenvalue weighted by Crippen LogP contribution is -2.52. The lowest BCUT2D eigenvalue weighted by Gasteiger charge is -2.37. The van der Waals surface area contributed by atoms with Crippen molar-refractivity contribution in [2.24, 2.45) is 0 Å². The van der Waals surface area contributed by atoms with Crippen LogP contribution in [0, 0.1) is 5.82 Å². The number of aliphatic carboxylic acids is 1. The molecule has 2 N–H and O–H groups in total. The Hall–Kier alpha value is -1.95. The van der Waals surface area contributed by atoms with Crippen LogP contribution in [0.3, 0.4) is 0 Å².